The second-order valence-corrected chi connectivity index (χ2v) is 7.64. The van der Waals surface area contributed by atoms with Crippen LogP contribution in [0.1, 0.15) is 24.0 Å². The summed E-state index contributed by atoms with van der Waals surface area (Å²) >= 11 is 1.96. The zero-order valence-corrected chi connectivity index (χ0v) is 14.5. The van der Waals surface area contributed by atoms with Crippen LogP contribution in [-0.4, -0.2) is 48.5 Å². The van der Waals surface area contributed by atoms with Gasteiger partial charge >= 0.3 is 0 Å². The first-order valence-corrected chi connectivity index (χ1v) is 9.50. The van der Waals surface area contributed by atoms with E-state index in [0.717, 1.165) is 50.5 Å². The van der Waals surface area contributed by atoms with Crippen LogP contribution in [0, 0.1) is 19.8 Å². The van der Waals surface area contributed by atoms with Gasteiger partial charge in [-0.05, 0) is 43.9 Å². The molecule has 2 aliphatic heterocycles. The van der Waals surface area contributed by atoms with Gasteiger partial charge in [-0.2, -0.15) is 11.8 Å². The number of piperidine rings is 1. The Balaban J connectivity index is 1.60. The van der Waals surface area contributed by atoms with Gasteiger partial charge in [0, 0.05) is 49.3 Å². The Kier molecular flexibility index (Phi) is 4.97. The van der Waals surface area contributed by atoms with Crippen molar-refractivity contribution >= 4 is 23.4 Å². The Morgan fingerprint density at radius 2 is 1.77 bits per heavy atom. The van der Waals surface area contributed by atoms with Gasteiger partial charge in [-0.3, -0.25) is 4.79 Å². The zero-order valence-electron chi connectivity index (χ0n) is 13.7. The maximum Gasteiger partial charge on any atom is 0.225 e. The van der Waals surface area contributed by atoms with Gasteiger partial charge in [-0.25, -0.2) is 0 Å². The number of hydrogen-bond acceptors (Lipinski definition) is 3. The van der Waals surface area contributed by atoms with Crippen molar-refractivity contribution in [2.24, 2.45) is 5.92 Å². The van der Waals surface area contributed by atoms with E-state index in [1.807, 2.05) is 11.8 Å². The monoisotopic (exact) mass is 318 g/mol. The van der Waals surface area contributed by atoms with Crippen molar-refractivity contribution in [1.29, 1.82) is 0 Å². The van der Waals surface area contributed by atoms with Gasteiger partial charge < -0.3 is 9.80 Å². The molecule has 0 saturated carbocycles. The molecule has 0 bridgehead atoms. The van der Waals surface area contributed by atoms with Crippen LogP contribution in [0.5, 0.6) is 0 Å². The average Bonchev–Trinajstić information content (AvgIpc) is 2.58. The lowest BCUT2D eigenvalue weighted by atomic mass is 9.94. The number of hydrogen-bond donors (Lipinski definition) is 0. The molecule has 0 aliphatic carbocycles. The van der Waals surface area contributed by atoms with Crippen LogP contribution in [-0.2, 0) is 4.79 Å². The van der Waals surface area contributed by atoms with Crippen LogP contribution < -0.4 is 4.90 Å². The maximum absolute atomic E-state index is 12.6. The van der Waals surface area contributed by atoms with Gasteiger partial charge in [0.15, 0.2) is 0 Å². The summed E-state index contributed by atoms with van der Waals surface area (Å²) in [6.07, 6.45) is 1.99. The number of rotatable bonds is 2. The van der Waals surface area contributed by atoms with Crippen LogP contribution in [0.4, 0.5) is 5.69 Å². The summed E-state index contributed by atoms with van der Waals surface area (Å²) in [6, 6.07) is 6.52. The number of benzene rings is 1. The fourth-order valence-electron chi connectivity index (χ4n) is 3.49. The first-order chi connectivity index (χ1) is 10.7. The normalized spacial score (nSPS) is 20.3. The first-order valence-electron chi connectivity index (χ1n) is 8.34. The van der Waals surface area contributed by atoms with E-state index in [2.05, 4.69) is 41.8 Å². The van der Waals surface area contributed by atoms with E-state index >= 15 is 0 Å². The van der Waals surface area contributed by atoms with Crippen LogP contribution >= 0.6 is 11.8 Å². The summed E-state index contributed by atoms with van der Waals surface area (Å²) < 4.78 is 0. The molecule has 22 heavy (non-hydrogen) atoms. The molecule has 1 aromatic carbocycles. The van der Waals surface area contributed by atoms with E-state index in [0.29, 0.717) is 5.91 Å². The third-order valence-electron chi connectivity index (χ3n) is 5.08. The molecule has 2 aliphatic rings. The summed E-state index contributed by atoms with van der Waals surface area (Å²) in [5.41, 5.74) is 4.07. The lowest BCUT2D eigenvalue weighted by Crippen LogP contribution is -2.45. The van der Waals surface area contributed by atoms with Crippen LogP contribution in [0.25, 0.3) is 0 Å². The van der Waals surface area contributed by atoms with Crippen LogP contribution in [0.3, 0.4) is 0 Å². The molecule has 0 aromatic heterocycles. The third kappa shape index (κ3) is 3.27. The number of amides is 1. The number of nitrogens with zero attached hydrogens (tertiary/aromatic N) is 2. The Labute approximate surface area is 138 Å². The Bertz CT molecular complexity index is 532. The van der Waals surface area contributed by atoms with Crippen molar-refractivity contribution in [3.05, 3.63) is 29.3 Å². The van der Waals surface area contributed by atoms with Crippen molar-refractivity contribution in [2.45, 2.75) is 26.7 Å². The quantitative estimate of drug-likeness (QED) is 0.837. The summed E-state index contributed by atoms with van der Waals surface area (Å²) in [5, 5.41) is 0. The minimum Gasteiger partial charge on any atom is -0.371 e. The molecule has 1 aromatic rings. The van der Waals surface area contributed by atoms with E-state index in [4.69, 9.17) is 0 Å². The van der Waals surface area contributed by atoms with Gasteiger partial charge in [-0.15, -0.1) is 0 Å². The summed E-state index contributed by atoms with van der Waals surface area (Å²) in [4.78, 5) is 17.2. The van der Waals surface area contributed by atoms with E-state index in [-0.39, 0.29) is 5.92 Å². The molecule has 0 radical (unpaired) electrons. The fourth-order valence-corrected chi connectivity index (χ4v) is 4.39. The highest BCUT2D eigenvalue weighted by Gasteiger charge is 2.29. The maximum atomic E-state index is 12.6. The van der Waals surface area contributed by atoms with Gasteiger partial charge in [0.05, 0.1) is 0 Å². The largest absolute Gasteiger partial charge is 0.371 e. The Morgan fingerprint density at radius 1 is 1.09 bits per heavy atom. The number of anilines is 1. The Morgan fingerprint density at radius 3 is 2.45 bits per heavy atom. The van der Waals surface area contributed by atoms with E-state index in [9.17, 15) is 4.79 Å². The molecule has 0 spiro atoms. The summed E-state index contributed by atoms with van der Waals surface area (Å²) in [5.74, 6) is 2.85. The van der Waals surface area contributed by atoms with Gasteiger partial charge in [0.1, 0.15) is 0 Å². The van der Waals surface area contributed by atoms with Crippen molar-refractivity contribution in [2.75, 3.05) is 42.6 Å². The minimum absolute atomic E-state index is 0.240. The summed E-state index contributed by atoms with van der Waals surface area (Å²) in [7, 11) is 0. The van der Waals surface area contributed by atoms with Crippen LogP contribution in [0.2, 0.25) is 0 Å². The van der Waals surface area contributed by atoms with Gasteiger partial charge in [-0.1, -0.05) is 12.1 Å². The highest BCUT2D eigenvalue weighted by molar-refractivity contribution is 7.99. The van der Waals surface area contributed by atoms with Crippen LogP contribution in [0.15, 0.2) is 18.2 Å². The predicted octanol–water partition coefficient (Wildman–Crippen LogP) is 3.10. The Hall–Kier alpha value is -1.16. The molecule has 120 valence electrons. The molecule has 0 atom stereocenters. The van der Waals surface area contributed by atoms with E-state index in [1.165, 1.54) is 16.8 Å². The molecule has 0 N–H and O–H groups in total. The standard InChI is InChI=1S/C18H26N2OS/c1-14-4-3-5-17(15(14)2)19-8-6-16(7-9-19)18(21)20-10-12-22-13-11-20/h3-5,16H,6-13H2,1-2H3. The van der Waals surface area contributed by atoms with Crippen molar-refractivity contribution in [3.63, 3.8) is 0 Å². The highest BCUT2D eigenvalue weighted by Crippen LogP contribution is 2.28. The van der Waals surface area contributed by atoms with Crippen molar-refractivity contribution < 1.29 is 4.79 Å². The average molecular weight is 318 g/mol. The lowest BCUT2D eigenvalue weighted by molar-refractivity contribution is -0.135. The molecule has 2 heterocycles. The van der Waals surface area contributed by atoms with Crippen molar-refractivity contribution in [1.82, 2.24) is 4.90 Å². The molecule has 4 heteroatoms. The minimum atomic E-state index is 0.240. The molecule has 0 unspecified atom stereocenters. The number of aryl methyl sites for hydroxylation is 1. The number of carbonyl (C=O) groups is 1. The van der Waals surface area contributed by atoms with E-state index < -0.39 is 0 Å². The number of carbonyl (C=O) groups excluding carboxylic acids is 1. The molecular weight excluding hydrogens is 292 g/mol. The van der Waals surface area contributed by atoms with Gasteiger partial charge in [0.2, 0.25) is 5.91 Å². The first kappa shape index (κ1) is 15.7. The smallest absolute Gasteiger partial charge is 0.225 e. The van der Waals surface area contributed by atoms with E-state index in [1.54, 1.807) is 0 Å². The molecule has 3 rings (SSSR count). The fraction of sp³-hybridized carbons (Fsp3) is 0.611. The lowest BCUT2D eigenvalue weighted by Gasteiger charge is -2.37. The topological polar surface area (TPSA) is 23.6 Å². The highest BCUT2D eigenvalue weighted by atomic mass is 32.2. The van der Waals surface area contributed by atoms with Crippen molar-refractivity contribution in [3.8, 4) is 0 Å². The molecule has 2 saturated heterocycles. The SMILES string of the molecule is Cc1cccc(N2CCC(C(=O)N3CCSCC3)CC2)c1C. The molecule has 1 amide bonds. The third-order valence-corrected chi connectivity index (χ3v) is 6.03. The molecular formula is C18H26N2OS. The molecule has 3 nitrogen and oxygen atoms in total. The van der Waals surface area contributed by atoms with Gasteiger partial charge in [0.25, 0.3) is 0 Å². The number of thioether (sulfide) groups is 1. The second kappa shape index (κ2) is 6.95. The predicted molar refractivity (Wildman–Crippen MR) is 94.8 cm³/mol. The molecule has 2 fully saturated rings. The summed E-state index contributed by atoms with van der Waals surface area (Å²) in [6.45, 7) is 8.27. The second-order valence-electron chi connectivity index (χ2n) is 6.42. The zero-order chi connectivity index (χ0) is 15.5.